The Bertz CT molecular complexity index is 398. The van der Waals surface area contributed by atoms with Gasteiger partial charge in [-0.2, -0.15) is 0 Å². The summed E-state index contributed by atoms with van der Waals surface area (Å²) in [4.78, 5) is 2.25. The number of rotatable bonds is 8. The number of unbranched alkanes of at least 4 members (excludes halogenated alkanes) is 1. The van der Waals surface area contributed by atoms with Crippen LogP contribution in [0.25, 0.3) is 0 Å². The van der Waals surface area contributed by atoms with Crippen molar-refractivity contribution in [2.45, 2.75) is 26.3 Å². The van der Waals surface area contributed by atoms with E-state index in [1.165, 1.54) is 30.5 Å². The number of benzene rings is 1. The van der Waals surface area contributed by atoms with Gasteiger partial charge in [0.25, 0.3) is 0 Å². The summed E-state index contributed by atoms with van der Waals surface area (Å²) in [7, 11) is 6.54. The van der Waals surface area contributed by atoms with Crippen LogP contribution in [0, 0.1) is 6.92 Å². The first-order valence-electron chi connectivity index (χ1n) is 7.14. The van der Waals surface area contributed by atoms with E-state index in [1.807, 2.05) is 0 Å². The summed E-state index contributed by atoms with van der Waals surface area (Å²) in [5, 5.41) is 0. The lowest BCUT2D eigenvalue weighted by molar-refractivity contribution is -0.873. The number of quaternary nitrogens is 1. The van der Waals surface area contributed by atoms with Crippen LogP contribution in [0.5, 0.6) is 0 Å². The van der Waals surface area contributed by atoms with E-state index < -0.39 is 0 Å². The minimum Gasteiger partial charge on any atom is -0.309 e. The third-order valence-electron chi connectivity index (χ3n) is 3.76. The predicted molar refractivity (Wildman–Crippen MR) is 83.9 cm³/mol. The molecule has 106 valence electrons. The van der Waals surface area contributed by atoms with Gasteiger partial charge >= 0.3 is 0 Å². The first-order chi connectivity index (χ1) is 8.97. The summed E-state index contributed by atoms with van der Waals surface area (Å²) < 4.78 is 0.915. The third kappa shape index (κ3) is 5.58. The smallest absolute Gasteiger partial charge is 0.109 e. The molecule has 0 saturated carbocycles. The van der Waals surface area contributed by atoms with Crippen LogP contribution in [0.15, 0.2) is 37.0 Å². The van der Waals surface area contributed by atoms with Crippen LogP contribution >= 0.6 is 0 Å². The fourth-order valence-electron chi connectivity index (χ4n) is 2.31. The summed E-state index contributed by atoms with van der Waals surface area (Å²) in [5.74, 6) is 0. The summed E-state index contributed by atoms with van der Waals surface area (Å²) >= 11 is 0. The van der Waals surface area contributed by atoms with Gasteiger partial charge in [-0.3, -0.25) is 4.48 Å². The quantitative estimate of drug-likeness (QED) is 0.512. The number of aryl methyl sites for hydroxylation is 1. The highest BCUT2D eigenvalue weighted by Gasteiger charge is 2.18. The molecule has 0 radical (unpaired) electrons. The van der Waals surface area contributed by atoms with Crippen molar-refractivity contribution < 1.29 is 4.48 Å². The van der Waals surface area contributed by atoms with Crippen molar-refractivity contribution in [3.8, 4) is 0 Å². The van der Waals surface area contributed by atoms with E-state index >= 15 is 0 Å². The molecular formula is C17H29N2+. The molecular weight excluding hydrogens is 232 g/mol. The van der Waals surface area contributed by atoms with Crippen molar-refractivity contribution in [1.82, 2.24) is 4.90 Å². The first kappa shape index (κ1) is 15.9. The molecule has 0 heterocycles. The Morgan fingerprint density at radius 2 is 1.89 bits per heavy atom. The second kappa shape index (κ2) is 7.46. The maximum absolute atomic E-state index is 4.03. The second-order valence-corrected chi connectivity index (χ2v) is 5.98. The number of nitrogens with zero attached hydrogens (tertiary/aromatic N) is 2. The Labute approximate surface area is 118 Å². The number of hydrogen-bond donors (Lipinski definition) is 0. The standard InChI is InChI=1S/C17H29N2/c1-6-19(5,14-10-9-13-18(3)4)15-17-12-8-7-11-16(17)2/h6-8,11-12H,1,9-10,13-15H2,2-5H3/q+1. The Kier molecular flexibility index (Phi) is 6.26. The molecule has 0 aliphatic heterocycles. The van der Waals surface area contributed by atoms with Gasteiger partial charge in [0, 0.05) is 5.56 Å². The topological polar surface area (TPSA) is 3.24 Å². The highest BCUT2D eigenvalue weighted by molar-refractivity contribution is 5.24. The minimum absolute atomic E-state index is 0.915. The molecule has 0 amide bonds. The van der Waals surface area contributed by atoms with Crippen molar-refractivity contribution in [2.24, 2.45) is 0 Å². The van der Waals surface area contributed by atoms with Crippen molar-refractivity contribution in [3.05, 3.63) is 48.2 Å². The molecule has 1 atom stereocenters. The van der Waals surface area contributed by atoms with E-state index in [-0.39, 0.29) is 0 Å². The summed E-state index contributed by atoms with van der Waals surface area (Å²) in [6, 6.07) is 8.65. The molecule has 19 heavy (non-hydrogen) atoms. The fourth-order valence-corrected chi connectivity index (χ4v) is 2.31. The summed E-state index contributed by atoms with van der Waals surface area (Å²) in [6.45, 7) is 9.59. The highest BCUT2D eigenvalue weighted by Crippen LogP contribution is 2.17. The van der Waals surface area contributed by atoms with Gasteiger partial charge in [-0.15, -0.1) is 0 Å². The largest absolute Gasteiger partial charge is 0.309 e. The van der Waals surface area contributed by atoms with Gasteiger partial charge in [-0.25, -0.2) is 0 Å². The molecule has 1 rings (SSSR count). The average molecular weight is 261 g/mol. The summed E-state index contributed by atoms with van der Waals surface area (Å²) in [5.41, 5.74) is 2.81. The van der Waals surface area contributed by atoms with Gasteiger partial charge in [-0.1, -0.05) is 24.3 Å². The Morgan fingerprint density at radius 3 is 2.47 bits per heavy atom. The lowest BCUT2D eigenvalue weighted by Gasteiger charge is -2.31. The van der Waals surface area contributed by atoms with Crippen LogP contribution in [-0.4, -0.2) is 43.6 Å². The molecule has 0 aromatic heterocycles. The van der Waals surface area contributed by atoms with E-state index in [4.69, 9.17) is 0 Å². The molecule has 0 fully saturated rings. The average Bonchev–Trinajstić information content (AvgIpc) is 2.37. The SMILES string of the molecule is C=C[N+](C)(CCCCN(C)C)Cc1ccccc1C. The van der Waals surface area contributed by atoms with Gasteiger partial charge in [-0.05, 0) is 52.5 Å². The van der Waals surface area contributed by atoms with Crippen molar-refractivity contribution in [1.29, 1.82) is 0 Å². The maximum atomic E-state index is 4.03. The van der Waals surface area contributed by atoms with E-state index in [9.17, 15) is 0 Å². The molecule has 1 aromatic rings. The van der Waals surface area contributed by atoms with Crippen LogP contribution in [-0.2, 0) is 6.54 Å². The molecule has 2 nitrogen and oxygen atoms in total. The van der Waals surface area contributed by atoms with Crippen molar-refractivity contribution >= 4 is 0 Å². The van der Waals surface area contributed by atoms with E-state index in [2.05, 4.69) is 70.0 Å². The highest BCUT2D eigenvalue weighted by atomic mass is 15.3. The Morgan fingerprint density at radius 1 is 1.21 bits per heavy atom. The summed E-state index contributed by atoms with van der Waals surface area (Å²) in [6.07, 6.45) is 4.58. The van der Waals surface area contributed by atoms with Gasteiger partial charge in [0.1, 0.15) is 6.54 Å². The van der Waals surface area contributed by atoms with Gasteiger partial charge in [0.05, 0.1) is 19.8 Å². The monoisotopic (exact) mass is 261 g/mol. The number of hydrogen-bond acceptors (Lipinski definition) is 1. The molecule has 2 heteroatoms. The van der Waals surface area contributed by atoms with Crippen molar-refractivity contribution in [2.75, 3.05) is 34.2 Å². The molecule has 0 aliphatic rings. The van der Waals surface area contributed by atoms with Crippen LogP contribution in [0.2, 0.25) is 0 Å². The minimum atomic E-state index is 0.915. The molecule has 0 spiro atoms. The third-order valence-corrected chi connectivity index (χ3v) is 3.76. The zero-order chi connectivity index (χ0) is 14.3. The van der Waals surface area contributed by atoms with Gasteiger partial charge in [0.15, 0.2) is 0 Å². The molecule has 0 saturated heterocycles. The van der Waals surface area contributed by atoms with Crippen LogP contribution < -0.4 is 0 Å². The lowest BCUT2D eigenvalue weighted by atomic mass is 10.1. The molecule has 0 N–H and O–H groups in total. The van der Waals surface area contributed by atoms with Gasteiger partial charge in [0.2, 0.25) is 0 Å². The van der Waals surface area contributed by atoms with E-state index in [0.29, 0.717) is 0 Å². The van der Waals surface area contributed by atoms with Gasteiger partial charge < -0.3 is 4.90 Å². The zero-order valence-corrected chi connectivity index (χ0v) is 13.0. The molecule has 1 aromatic carbocycles. The lowest BCUT2D eigenvalue weighted by Crippen LogP contribution is -2.38. The fraction of sp³-hybridized carbons (Fsp3) is 0.529. The van der Waals surface area contributed by atoms with Crippen LogP contribution in [0.3, 0.4) is 0 Å². The first-order valence-corrected chi connectivity index (χ1v) is 7.14. The maximum Gasteiger partial charge on any atom is 0.109 e. The van der Waals surface area contributed by atoms with E-state index in [1.54, 1.807) is 0 Å². The molecule has 0 aliphatic carbocycles. The van der Waals surface area contributed by atoms with Crippen molar-refractivity contribution in [3.63, 3.8) is 0 Å². The molecule has 1 unspecified atom stereocenters. The zero-order valence-electron chi connectivity index (χ0n) is 13.0. The second-order valence-electron chi connectivity index (χ2n) is 5.98. The normalized spacial score (nSPS) is 14.4. The predicted octanol–water partition coefficient (Wildman–Crippen LogP) is 3.43. The Hall–Kier alpha value is -1.12. The van der Waals surface area contributed by atoms with E-state index in [0.717, 1.165) is 17.6 Å². The van der Waals surface area contributed by atoms with Crippen LogP contribution in [0.1, 0.15) is 24.0 Å². The Balaban J connectivity index is 2.55. The van der Waals surface area contributed by atoms with Crippen LogP contribution in [0.4, 0.5) is 0 Å². The molecule has 0 bridgehead atoms.